The summed E-state index contributed by atoms with van der Waals surface area (Å²) in [6, 6.07) is 7.36. The number of carbonyl (C=O) groups excluding carboxylic acids is 1. The summed E-state index contributed by atoms with van der Waals surface area (Å²) in [5, 5.41) is 2.79. The SMILES string of the molecule is COc1ccccc1CNC(=O)CN(C1CCCCC1)S(C)(=O)=O. The molecule has 0 bridgehead atoms. The van der Waals surface area contributed by atoms with Gasteiger partial charge >= 0.3 is 0 Å². The number of sulfonamides is 1. The Bertz CT molecular complexity index is 654. The van der Waals surface area contributed by atoms with Crippen LogP contribution >= 0.6 is 0 Å². The fourth-order valence-electron chi connectivity index (χ4n) is 3.13. The first-order chi connectivity index (χ1) is 11.4. The van der Waals surface area contributed by atoms with E-state index in [9.17, 15) is 13.2 Å². The van der Waals surface area contributed by atoms with E-state index in [1.54, 1.807) is 7.11 Å². The van der Waals surface area contributed by atoms with Crippen LogP contribution in [-0.2, 0) is 21.4 Å². The molecule has 0 heterocycles. The lowest BCUT2D eigenvalue weighted by atomic mass is 9.95. The predicted octanol–water partition coefficient (Wildman–Crippen LogP) is 1.91. The molecule has 1 saturated carbocycles. The van der Waals surface area contributed by atoms with E-state index >= 15 is 0 Å². The van der Waals surface area contributed by atoms with Crippen molar-refractivity contribution in [2.45, 2.75) is 44.7 Å². The van der Waals surface area contributed by atoms with E-state index in [0.29, 0.717) is 12.3 Å². The van der Waals surface area contributed by atoms with Crippen molar-refractivity contribution in [2.24, 2.45) is 0 Å². The molecule has 0 radical (unpaired) electrons. The predicted molar refractivity (Wildman–Crippen MR) is 93.3 cm³/mol. The molecule has 1 fully saturated rings. The molecule has 1 aliphatic rings. The van der Waals surface area contributed by atoms with Gasteiger partial charge in [0.1, 0.15) is 5.75 Å². The summed E-state index contributed by atoms with van der Waals surface area (Å²) in [5.41, 5.74) is 0.858. The third-order valence-corrected chi connectivity index (χ3v) is 5.66. The molecule has 2 rings (SSSR count). The van der Waals surface area contributed by atoms with Crippen LogP contribution < -0.4 is 10.1 Å². The Balaban J connectivity index is 1.97. The second kappa shape index (κ2) is 8.48. The zero-order chi connectivity index (χ0) is 17.6. The maximum absolute atomic E-state index is 12.3. The highest BCUT2D eigenvalue weighted by Gasteiger charge is 2.29. The highest BCUT2D eigenvalue weighted by atomic mass is 32.2. The van der Waals surface area contributed by atoms with Crippen molar-refractivity contribution in [1.29, 1.82) is 0 Å². The van der Waals surface area contributed by atoms with E-state index in [0.717, 1.165) is 37.7 Å². The first-order valence-electron chi connectivity index (χ1n) is 8.27. The van der Waals surface area contributed by atoms with E-state index < -0.39 is 10.0 Å². The molecule has 0 saturated heterocycles. The van der Waals surface area contributed by atoms with Gasteiger partial charge in [-0.2, -0.15) is 4.31 Å². The first-order valence-corrected chi connectivity index (χ1v) is 10.1. The highest BCUT2D eigenvalue weighted by Crippen LogP contribution is 2.24. The molecule has 0 aliphatic heterocycles. The number of nitrogens with one attached hydrogen (secondary N) is 1. The Kier molecular flexibility index (Phi) is 6.62. The molecule has 0 unspecified atom stereocenters. The number of ether oxygens (including phenoxy) is 1. The minimum Gasteiger partial charge on any atom is -0.496 e. The number of hydrogen-bond acceptors (Lipinski definition) is 4. The molecule has 1 amide bonds. The second-order valence-electron chi connectivity index (χ2n) is 6.19. The van der Waals surface area contributed by atoms with Gasteiger partial charge in [-0.25, -0.2) is 8.42 Å². The number of para-hydroxylation sites is 1. The van der Waals surface area contributed by atoms with Gasteiger partial charge in [-0.1, -0.05) is 37.5 Å². The van der Waals surface area contributed by atoms with Gasteiger partial charge in [0.25, 0.3) is 0 Å². The van der Waals surface area contributed by atoms with Gasteiger partial charge in [-0.05, 0) is 18.9 Å². The molecule has 0 aromatic heterocycles. The molecule has 7 heteroatoms. The van der Waals surface area contributed by atoms with Crippen LogP contribution in [0.2, 0.25) is 0 Å². The summed E-state index contributed by atoms with van der Waals surface area (Å²) in [6.07, 6.45) is 5.99. The third kappa shape index (κ3) is 5.21. The molecule has 0 spiro atoms. The molecule has 1 aromatic carbocycles. The van der Waals surface area contributed by atoms with Crippen LogP contribution in [0.1, 0.15) is 37.7 Å². The minimum absolute atomic E-state index is 0.0641. The number of hydrogen-bond donors (Lipinski definition) is 1. The number of rotatable bonds is 7. The minimum atomic E-state index is -3.41. The van der Waals surface area contributed by atoms with Crippen LogP contribution in [-0.4, -0.2) is 44.6 Å². The van der Waals surface area contributed by atoms with Crippen molar-refractivity contribution in [2.75, 3.05) is 19.9 Å². The van der Waals surface area contributed by atoms with Gasteiger partial charge in [-0.3, -0.25) is 4.79 Å². The Hall–Kier alpha value is -1.60. The van der Waals surface area contributed by atoms with E-state index in [2.05, 4.69) is 5.32 Å². The number of carbonyl (C=O) groups is 1. The lowest BCUT2D eigenvalue weighted by molar-refractivity contribution is -0.121. The average Bonchev–Trinajstić information content (AvgIpc) is 2.58. The lowest BCUT2D eigenvalue weighted by Crippen LogP contribution is -2.46. The molecular formula is C17H26N2O4S. The number of methoxy groups -OCH3 is 1. The van der Waals surface area contributed by atoms with Crippen molar-refractivity contribution < 1.29 is 17.9 Å². The summed E-state index contributed by atoms with van der Waals surface area (Å²) in [7, 11) is -1.83. The third-order valence-electron chi connectivity index (χ3n) is 4.38. The zero-order valence-electron chi connectivity index (χ0n) is 14.3. The largest absolute Gasteiger partial charge is 0.496 e. The number of amides is 1. The van der Waals surface area contributed by atoms with Crippen LogP contribution in [0.15, 0.2) is 24.3 Å². The van der Waals surface area contributed by atoms with Gasteiger partial charge in [0.2, 0.25) is 15.9 Å². The summed E-state index contributed by atoms with van der Waals surface area (Å²) in [5.74, 6) is 0.405. The van der Waals surface area contributed by atoms with Gasteiger partial charge < -0.3 is 10.1 Å². The van der Waals surface area contributed by atoms with Gasteiger partial charge in [0, 0.05) is 18.2 Å². The zero-order valence-corrected chi connectivity index (χ0v) is 15.1. The van der Waals surface area contributed by atoms with Crippen LogP contribution in [0.3, 0.4) is 0 Å². The van der Waals surface area contributed by atoms with Gasteiger partial charge in [0.15, 0.2) is 0 Å². The Morgan fingerprint density at radius 1 is 1.25 bits per heavy atom. The highest BCUT2D eigenvalue weighted by molar-refractivity contribution is 7.88. The fourth-order valence-corrected chi connectivity index (χ4v) is 4.23. The van der Waals surface area contributed by atoms with E-state index in [-0.39, 0.29) is 18.5 Å². The molecule has 1 N–H and O–H groups in total. The molecule has 1 aliphatic carbocycles. The van der Waals surface area contributed by atoms with Crippen LogP contribution in [0.4, 0.5) is 0 Å². The van der Waals surface area contributed by atoms with Crippen molar-refractivity contribution in [1.82, 2.24) is 9.62 Å². The van der Waals surface area contributed by atoms with Crippen molar-refractivity contribution >= 4 is 15.9 Å². The summed E-state index contributed by atoms with van der Waals surface area (Å²) >= 11 is 0. The van der Waals surface area contributed by atoms with Crippen molar-refractivity contribution in [3.63, 3.8) is 0 Å². The van der Waals surface area contributed by atoms with Crippen LogP contribution in [0, 0.1) is 0 Å². The maximum atomic E-state index is 12.3. The first kappa shape index (κ1) is 18.7. The van der Waals surface area contributed by atoms with Gasteiger partial charge in [0.05, 0.1) is 19.9 Å². The smallest absolute Gasteiger partial charge is 0.235 e. The molecule has 6 nitrogen and oxygen atoms in total. The number of benzene rings is 1. The summed E-state index contributed by atoms with van der Waals surface area (Å²) in [6.45, 7) is 0.184. The maximum Gasteiger partial charge on any atom is 0.235 e. The Morgan fingerprint density at radius 3 is 2.54 bits per heavy atom. The molecule has 24 heavy (non-hydrogen) atoms. The molecule has 134 valence electrons. The second-order valence-corrected chi connectivity index (χ2v) is 8.12. The summed E-state index contributed by atoms with van der Waals surface area (Å²) < 4.78 is 30.7. The quantitative estimate of drug-likeness (QED) is 0.811. The topological polar surface area (TPSA) is 75.7 Å². The normalized spacial score (nSPS) is 16.1. The Morgan fingerprint density at radius 2 is 1.92 bits per heavy atom. The molecule has 0 atom stereocenters. The monoisotopic (exact) mass is 354 g/mol. The van der Waals surface area contributed by atoms with Crippen LogP contribution in [0.5, 0.6) is 5.75 Å². The molecule has 1 aromatic rings. The van der Waals surface area contributed by atoms with Crippen molar-refractivity contribution in [3.05, 3.63) is 29.8 Å². The molecular weight excluding hydrogens is 328 g/mol. The van der Waals surface area contributed by atoms with E-state index in [4.69, 9.17) is 4.74 Å². The standard InChI is InChI=1S/C17H26N2O4S/c1-23-16-11-7-6-8-14(16)12-18-17(20)13-19(24(2,21)22)15-9-4-3-5-10-15/h6-8,11,15H,3-5,9-10,12-13H2,1-2H3,(H,18,20). The number of nitrogens with zero attached hydrogens (tertiary/aromatic N) is 1. The van der Waals surface area contributed by atoms with E-state index in [1.165, 1.54) is 10.6 Å². The van der Waals surface area contributed by atoms with E-state index in [1.807, 2.05) is 24.3 Å². The summed E-state index contributed by atoms with van der Waals surface area (Å²) in [4.78, 5) is 12.3. The van der Waals surface area contributed by atoms with Crippen molar-refractivity contribution in [3.8, 4) is 5.75 Å². The fraction of sp³-hybridized carbons (Fsp3) is 0.588. The van der Waals surface area contributed by atoms with Crippen LogP contribution in [0.25, 0.3) is 0 Å². The Labute approximate surface area is 144 Å². The lowest BCUT2D eigenvalue weighted by Gasteiger charge is -2.31. The van der Waals surface area contributed by atoms with Gasteiger partial charge in [-0.15, -0.1) is 0 Å². The average molecular weight is 354 g/mol.